The van der Waals surface area contributed by atoms with Crippen LogP contribution in [0.4, 0.5) is 0 Å². The fraction of sp³-hybridized carbons (Fsp3) is 0.250. The average molecular weight is 448 g/mol. The third-order valence-corrected chi connectivity index (χ3v) is 6.65. The van der Waals surface area contributed by atoms with Crippen molar-refractivity contribution >= 4 is 15.9 Å². The van der Waals surface area contributed by atoms with Gasteiger partial charge in [0.2, 0.25) is 0 Å². The van der Waals surface area contributed by atoms with Gasteiger partial charge in [0.25, 0.3) is 0 Å². The van der Waals surface area contributed by atoms with E-state index in [-0.39, 0.29) is 11.1 Å². The third kappa shape index (κ3) is 3.14. The first-order valence-corrected chi connectivity index (χ1v) is 10.9. The quantitative estimate of drug-likeness (QED) is 0.492. The molecule has 2 fully saturated rings. The van der Waals surface area contributed by atoms with E-state index in [1.165, 1.54) is 22.3 Å². The lowest BCUT2D eigenvalue weighted by Crippen LogP contribution is -2.48. The Bertz CT molecular complexity index is 978. The van der Waals surface area contributed by atoms with Gasteiger partial charge in [-0.3, -0.25) is 10.9 Å². The van der Waals surface area contributed by atoms with Crippen LogP contribution in [0.25, 0.3) is 0 Å². The van der Waals surface area contributed by atoms with E-state index in [0.717, 1.165) is 30.4 Å². The molecule has 0 bridgehead atoms. The molecule has 5 rings (SSSR count). The van der Waals surface area contributed by atoms with Crippen molar-refractivity contribution in [2.75, 3.05) is 13.1 Å². The Kier molecular flexibility index (Phi) is 5.02. The van der Waals surface area contributed by atoms with Gasteiger partial charge in [-0.2, -0.15) is 0 Å². The Labute approximate surface area is 180 Å². The summed E-state index contributed by atoms with van der Waals surface area (Å²) < 4.78 is 0.967. The van der Waals surface area contributed by atoms with Crippen molar-refractivity contribution in [1.29, 1.82) is 0 Å². The van der Waals surface area contributed by atoms with Gasteiger partial charge >= 0.3 is 0 Å². The average Bonchev–Trinajstić information content (AvgIpc) is 3.46. The van der Waals surface area contributed by atoms with Crippen LogP contribution >= 0.6 is 15.9 Å². The minimum atomic E-state index is -0.341. The monoisotopic (exact) mass is 447 g/mol. The van der Waals surface area contributed by atoms with Crippen LogP contribution in [0.5, 0.6) is 0 Å². The Hall–Kier alpha value is -2.02. The Morgan fingerprint density at radius 3 is 1.79 bits per heavy atom. The number of rotatable bonds is 4. The highest BCUT2D eigenvalue weighted by molar-refractivity contribution is 9.10. The minimum Gasteiger partial charge on any atom is -0.257 e. The molecule has 3 aromatic rings. The number of hydrazine groups is 2. The van der Waals surface area contributed by atoms with E-state index in [1.54, 1.807) is 0 Å². The fourth-order valence-electron chi connectivity index (χ4n) is 4.78. The third-order valence-electron chi connectivity index (χ3n) is 6.18. The standard InChI is InChI=1S/C24H24BrN4/c25-20-11-12-21(23(13-15-26-28-23)18-7-3-1-4-8-18)22(17-20)24(14-16-27-29-24)19-9-5-2-6-10-19/h1-12,26-29H,13-16H2. The van der Waals surface area contributed by atoms with Crippen LogP contribution in [0.1, 0.15) is 35.1 Å². The number of hydrogen-bond donors (Lipinski definition) is 4. The van der Waals surface area contributed by atoms with Crippen molar-refractivity contribution in [3.63, 3.8) is 0 Å². The van der Waals surface area contributed by atoms with Gasteiger partial charge in [-0.25, -0.2) is 10.9 Å². The summed E-state index contributed by atoms with van der Waals surface area (Å²) in [4.78, 5) is 0. The summed E-state index contributed by atoms with van der Waals surface area (Å²) in [7, 11) is 0. The van der Waals surface area contributed by atoms with Gasteiger partial charge in [-0.15, -0.1) is 0 Å². The van der Waals surface area contributed by atoms with Crippen LogP contribution in [0, 0.1) is 6.07 Å². The predicted octanol–water partition coefficient (Wildman–Crippen LogP) is 3.73. The van der Waals surface area contributed by atoms with Crippen LogP contribution in [0.3, 0.4) is 0 Å². The molecule has 29 heavy (non-hydrogen) atoms. The second-order valence-electron chi connectivity index (χ2n) is 7.74. The highest BCUT2D eigenvalue weighted by atomic mass is 79.9. The lowest BCUT2D eigenvalue weighted by Gasteiger charge is -2.38. The molecule has 0 aliphatic carbocycles. The van der Waals surface area contributed by atoms with Crippen LogP contribution in [-0.2, 0) is 11.1 Å². The smallest absolute Gasteiger partial charge is 0.0843 e. The fourth-order valence-corrected chi connectivity index (χ4v) is 5.11. The van der Waals surface area contributed by atoms with E-state index >= 15 is 0 Å². The minimum absolute atomic E-state index is 0.306. The van der Waals surface area contributed by atoms with Gasteiger partial charge in [0.05, 0.1) is 11.1 Å². The van der Waals surface area contributed by atoms with Gasteiger partial charge in [0.1, 0.15) is 0 Å². The Balaban J connectivity index is 1.76. The zero-order valence-corrected chi connectivity index (χ0v) is 17.7. The molecule has 0 amide bonds. The summed E-state index contributed by atoms with van der Waals surface area (Å²) in [6, 6.07) is 29.4. The molecule has 2 heterocycles. The van der Waals surface area contributed by atoms with Crippen LogP contribution in [-0.4, -0.2) is 13.1 Å². The SMILES string of the molecule is Brc1[c]c(C2(c3ccccc3)CCNN2)c(C2(c3ccccc3)CCNN2)cc1. The molecule has 5 heteroatoms. The number of nitrogens with one attached hydrogen (secondary N) is 4. The molecule has 0 saturated carbocycles. The molecule has 0 aromatic heterocycles. The zero-order valence-electron chi connectivity index (χ0n) is 16.1. The van der Waals surface area contributed by atoms with Crippen LogP contribution in [0.15, 0.2) is 77.3 Å². The van der Waals surface area contributed by atoms with Gasteiger partial charge < -0.3 is 0 Å². The highest BCUT2D eigenvalue weighted by Crippen LogP contribution is 2.44. The van der Waals surface area contributed by atoms with Gasteiger partial charge in [-0.05, 0) is 41.2 Å². The zero-order chi connectivity index (χ0) is 19.7. The summed E-state index contributed by atoms with van der Waals surface area (Å²) in [6.07, 6.45) is 1.92. The molecule has 1 radical (unpaired) electrons. The maximum atomic E-state index is 3.68. The van der Waals surface area contributed by atoms with E-state index in [0.29, 0.717) is 0 Å². The number of hydrogen-bond acceptors (Lipinski definition) is 4. The van der Waals surface area contributed by atoms with Gasteiger partial charge in [-0.1, -0.05) is 82.7 Å². The molecule has 3 aromatic carbocycles. The molecule has 4 nitrogen and oxygen atoms in total. The molecule has 147 valence electrons. The first-order valence-electron chi connectivity index (χ1n) is 10.1. The number of benzene rings is 3. The van der Waals surface area contributed by atoms with E-state index in [2.05, 4.69) is 116 Å². The van der Waals surface area contributed by atoms with Crippen molar-refractivity contribution in [3.8, 4) is 0 Å². The summed E-state index contributed by atoms with van der Waals surface area (Å²) in [6.45, 7) is 1.81. The second-order valence-corrected chi connectivity index (χ2v) is 8.60. The summed E-state index contributed by atoms with van der Waals surface area (Å²) in [5.41, 5.74) is 18.3. The Morgan fingerprint density at radius 2 is 1.24 bits per heavy atom. The van der Waals surface area contributed by atoms with Crippen molar-refractivity contribution in [2.45, 2.75) is 23.9 Å². The van der Waals surface area contributed by atoms with E-state index in [9.17, 15) is 0 Å². The molecule has 2 aliphatic rings. The maximum absolute atomic E-state index is 3.68. The molecule has 2 aliphatic heterocycles. The molecule has 4 N–H and O–H groups in total. The van der Waals surface area contributed by atoms with E-state index in [4.69, 9.17) is 0 Å². The summed E-state index contributed by atoms with van der Waals surface area (Å²) in [5.74, 6) is 0. The molecule has 2 unspecified atom stereocenters. The van der Waals surface area contributed by atoms with E-state index < -0.39 is 0 Å². The topological polar surface area (TPSA) is 48.1 Å². The second kappa shape index (κ2) is 7.67. The molecular formula is C24H24BrN4. The normalized spacial score (nSPS) is 26.7. The summed E-state index contributed by atoms with van der Waals surface area (Å²) >= 11 is 3.68. The van der Waals surface area contributed by atoms with Gasteiger partial charge in [0, 0.05) is 23.6 Å². The van der Waals surface area contributed by atoms with Crippen molar-refractivity contribution < 1.29 is 0 Å². The molecule has 2 saturated heterocycles. The Morgan fingerprint density at radius 1 is 0.690 bits per heavy atom. The van der Waals surface area contributed by atoms with Crippen LogP contribution in [0.2, 0.25) is 0 Å². The lowest BCUT2D eigenvalue weighted by atomic mass is 9.72. The van der Waals surface area contributed by atoms with Crippen molar-refractivity contribution in [3.05, 3.63) is 106 Å². The van der Waals surface area contributed by atoms with Gasteiger partial charge in [0.15, 0.2) is 0 Å². The van der Waals surface area contributed by atoms with Crippen molar-refractivity contribution in [2.24, 2.45) is 0 Å². The van der Waals surface area contributed by atoms with Crippen molar-refractivity contribution in [1.82, 2.24) is 21.7 Å². The highest BCUT2D eigenvalue weighted by Gasteiger charge is 2.45. The molecule has 0 spiro atoms. The number of halogens is 1. The molecular weight excluding hydrogens is 424 g/mol. The first-order chi connectivity index (χ1) is 14.2. The maximum Gasteiger partial charge on any atom is 0.0843 e. The first kappa shape index (κ1) is 19.0. The van der Waals surface area contributed by atoms with Crippen LogP contribution < -0.4 is 21.7 Å². The predicted molar refractivity (Wildman–Crippen MR) is 119 cm³/mol. The van der Waals surface area contributed by atoms with E-state index in [1.807, 2.05) is 0 Å². The largest absolute Gasteiger partial charge is 0.257 e. The summed E-state index contributed by atoms with van der Waals surface area (Å²) in [5, 5.41) is 0. The molecule has 2 atom stereocenters. The lowest BCUT2D eigenvalue weighted by molar-refractivity contribution is 0.401.